The maximum absolute atomic E-state index is 13.3. The molecule has 0 N–H and O–H groups in total. The van der Waals surface area contributed by atoms with Crippen molar-refractivity contribution in [1.82, 2.24) is 19.5 Å². The Labute approximate surface area is 173 Å². The first-order valence-corrected chi connectivity index (χ1v) is 10.1. The van der Waals surface area contributed by atoms with Crippen LogP contribution in [0.1, 0.15) is 25.7 Å². The molecule has 3 aromatic rings. The highest BCUT2D eigenvalue weighted by Gasteiger charge is 2.42. The summed E-state index contributed by atoms with van der Waals surface area (Å²) in [4.78, 5) is 27.5. The van der Waals surface area contributed by atoms with E-state index in [4.69, 9.17) is 4.74 Å². The van der Waals surface area contributed by atoms with E-state index in [-0.39, 0.29) is 17.5 Å². The molecule has 30 heavy (non-hydrogen) atoms. The van der Waals surface area contributed by atoms with Crippen LogP contribution in [-0.4, -0.2) is 37.7 Å². The fourth-order valence-corrected chi connectivity index (χ4v) is 4.60. The van der Waals surface area contributed by atoms with E-state index in [9.17, 15) is 9.18 Å². The Bertz CT molecular complexity index is 1090. The zero-order valence-corrected chi connectivity index (χ0v) is 16.6. The Morgan fingerprint density at radius 3 is 2.47 bits per heavy atom. The Balaban J connectivity index is 1.37. The van der Waals surface area contributed by atoms with E-state index in [1.807, 2.05) is 12.1 Å². The summed E-state index contributed by atoms with van der Waals surface area (Å²) in [5.41, 5.74) is 1.92. The Kier molecular flexibility index (Phi) is 4.69. The van der Waals surface area contributed by atoms with E-state index in [0.29, 0.717) is 29.5 Å². The second-order valence-electron chi connectivity index (χ2n) is 7.90. The molecular formula is C22H22FN5O2. The third-order valence-electron chi connectivity index (χ3n) is 6.02. The standard InChI is InChI=1S/C22H22FN5O2/c1-27-21(29)12-20(19-8-9-24-13-25-19)26-22(27)30-18-10-16-6-7-17(11-18)28(16)15-4-2-14(23)3-5-15/h2-5,8-9,12-13,16-18H,6-7,10-11H2,1H3/t16-,17+,18?. The van der Waals surface area contributed by atoms with Gasteiger partial charge in [-0.25, -0.2) is 14.4 Å². The topological polar surface area (TPSA) is 73.1 Å². The van der Waals surface area contributed by atoms with Crippen molar-refractivity contribution in [3.05, 3.63) is 65.1 Å². The molecule has 0 amide bonds. The number of aromatic nitrogens is 4. The van der Waals surface area contributed by atoms with Crippen molar-refractivity contribution in [2.75, 3.05) is 4.90 Å². The van der Waals surface area contributed by atoms with Crippen molar-refractivity contribution in [2.24, 2.45) is 7.05 Å². The zero-order valence-electron chi connectivity index (χ0n) is 16.6. The number of ether oxygens (including phenoxy) is 1. The van der Waals surface area contributed by atoms with Gasteiger partial charge in [-0.05, 0) is 43.2 Å². The molecule has 1 aromatic carbocycles. The lowest BCUT2D eigenvalue weighted by Gasteiger charge is -2.40. The summed E-state index contributed by atoms with van der Waals surface area (Å²) in [6, 6.07) is 10.9. The lowest BCUT2D eigenvalue weighted by Crippen LogP contribution is -2.46. The molecule has 5 rings (SSSR count). The van der Waals surface area contributed by atoms with Crippen LogP contribution in [0.15, 0.2) is 53.7 Å². The van der Waals surface area contributed by atoms with E-state index < -0.39 is 0 Å². The molecule has 2 saturated heterocycles. The minimum absolute atomic E-state index is 0.0297. The van der Waals surface area contributed by atoms with Gasteiger partial charge in [0.2, 0.25) is 0 Å². The molecule has 3 atom stereocenters. The highest BCUT2D eigenvalue weighted by Crippen LogP contribution is 2.40. The van der Waals surface area contributed by atoms with Gasteiger partial charge in [-0.1, -0.05) is 0 Å². The van der Waals surface area contributed by atoms with Crippen LogP contribution in [0.2, 0.25) is 0 Å². The molecule has 4 heterocycles. The van der Waals surface area contributed by atoms with Crippen LogP contribution in [0.4, 0.5) is 10.1 Å². The van der Waals surface area contributed by atoms with Crippen LogP contribution in [0.5, 0.6) is 6.01 Å². The maximum Gasteiger partial charge on any atom is 0.299 e. The molecule has 2 bridgehead atoms. The fraction of sp³-hybridized carbons (Fsp3) is 0.364. The first-order valence-electron chi connectivity index (χ1n) is 10.1. The van der Waals surface area contributed by atoms with Crippen molar-refractivity contribution in [3.8, 4) is 17.4 Å². The van der Waals surface area contributed by atoms with Gasteiger partial charge >= 0.3 is 0 Å². The highest BCUT2D eigenvalue weighted by molar-refractivity contribution is 5.53. The third-order valence-corrected chi connectivity index (χ3v) is 6.02. The molecule has 0 spiro atoms. The minimum atomic E-state index is -0.222. The third kappa shape index (κ3) is 3.42. The van der Waals surface area contributed by atoms with E-state index >= 15 is 0 Å². The van der Waals surface area contributed by atoms with Crippen molar-refractivity contribution in [3.63, 3.8) is 0 Å². The molecule has 0 aliphatic carbocycles. The summed E-state index contributed by atoms with van der Waals surface area (Å²) in [5, 5.41) is 0. The Morgan fingerprint density at radius 1 is 1.07 bits per heavy atom. The number of hydrogen-bond donors (Lipinski definition) is 0. The molecule has 2 aliphatic rings. The minimum Gasteiger partial charge on any atom is -0.461 e. The van der Waals surface area contributed by atoms with Gasteiger partial charge in [-0.2, -0.15) is 4.98 Å². The summed E-state index contributed by atoms with van der Waals surface area (Å²) in [6.45, 7) is 0. The molecule has 154 valence electrons. The van der Waals surface area contributed by atoms with Crippen LogP contribution in [0.3, 0.4) is 0 Å². The van der Waals surface area contributed by atoms with E-state index in [2.05, 4.69) is 19.9 Å². The first-order chi connectivity index (χ1) is 14.6. The zero-order chi connectivity index (χ0) is 20.7. The van der Waals surface area contributed by atoms with Gasteiger partial charge in [0.1, 0.15) is 18.2 Å². The number of halogens is 1. The molecule has 7 nitrogen and oxygen atoms in total. The SMILES string of the molecule is Cn1c(OC2C[C@H]3CC[C@@H](C2)N3c2ccc(F)cc2)nc(-c2ccncn2)cc1=O. The second kappa shape index (κ2) is 7.51. The smallest absolute Gasteiger partial charge is 0.299 e. The van der Waals surface area contributed by atoms with Crippen molar-refractivity contribution in [1.29, 1.82) is 0 Å². The van der Waals surface area contributed by atoms with Gasteiger partial charge < -0.3 is 9.64 Å². The largest absolute Gasteiger partial charge is 0.461 e. The van der Waals surface area contributed by atoms with Crippen LogP contribution >= 0.6 is 0 Å². The van der Waals surface area contributed by atoms with Gasteiger partial charge in [-0.15, -0.1) is 0 Å². The van der Waals surface area contributed by atoms with Gasteiger partial charge in [0, 0.05) is 49.9 Å². The van der Waals surface area contributed by atoms with Gasteiger partial charge in [0.25, 0.3) is 11.6 Å². The molecule has 2 fully saturated rings. The van der Waals surface area contributed by atoms with Crippen molar-refractivity contribution >= 4 is 5.69 Å². The molecule has 0 saturated carbocycles. The van der Waals surface area contributed by atoms with E-state index in [1.54, 1.807) is 19.3 Å². The average Bonchev–Trinajstić information content (AvgIpc) is 3.02. The quantitative estimate of drug-likeness (QED) is 0.662. The molecule has 2 aromatic heterocycles. The highest BCUT2D eigenvalue weighted by atomic mass is 19.1. The predicted octanol–water partition coefficient (Wildman–Crippen LogP) is 2.96. The van der Waals surface area contributed by atoms with Crippen LogP contribution in [0.25, 0.3) is 11.4 Å². The van der Waals surface area contributed by atoms with Gasteiger partial charge in [-0.3, -0.25) is 9.36 Å². The second-order valence-corrected chi connectivity index (χ2v) is 7.90. The number of anilines is 1. The number of piperidine rings is 1. The summed E-state index contributed by atoms with van der Waals surface area (Å²) in [5.74, 6) is -0.222. The fourth-order valence-electron chi connectivity index (χ4n) is 4.60. The number of hydrogen-bond acceptors (Lipinski definition) is 6. The summed E-state index contributed by atoms with van der Waals surface area (Å²) >= 11 is 0. The predicted molar refractivity (Wildman–Crippen MR) is 110 cm³/mol. The summed E-state index contributed by atoms with van der Waals surface area (Å²) in [7, 11) is 1.66. The number of benzene rings is 1. The number of nitrogens with zero attached hydrogens (tertiary/aromatic N) is 5. The monoisotopic (exact) mass is 407 g/mol. The Hall–Kier alpha value is -3.29. The lowest BCUT2D eigenvalue weighted by atomic mass is 9.99. The van der Waals surface area contributed by atoms with Gasteiger partial charge in [0.15, 0.2) is 0 Å². The normalized spacial score (nSPS) is 22.9. The molecular weight excluding hydrogens is 385 g/mol. The number of fused-ring (bicyclic) bond motifs is 2. The average molecular weight is 407 g/mol. The number of rotatable bonds is 4. The van der Waals surface area contributed by atoms with Crippen LogP contribution < -0.4 is 15.2 Å². The van der Waals surface area contributed by atoms with Crippen molar-refractivity contribution < 1.29 is 9.13 Å². The van der Waals surface area contributed by atoms with Crippen LogP contribution in [0, 0.1) is 5.82 Å². The summed E-state index contributed by atoms with van der Waals surface area (Å²) in [6.07, 6.45) is 6.84. The van der Waals surface area contributed by atoms with Crippen molar-refractivity contribution in [2.45, 2.75) is 43.9 Å². The maximum atomic E-state index is 13.3. The summed E-state index contributed by atoms with van der Waals surface area (Å²) < 4.78 is 21.0. The van der Waals surface area contributed by atoms with Crippen LogP contribution in [-0.2, 0) is 7.05 Å². The Morgan fingerprint density at radius 2 is 1.80 bits per heavy atom. The molecule has 8 heteroatoms. The molecule has 0 radical (unpaired) electrons. The van der Waals surface area contributed by atoms with Gasteiger partial charge in [0.05, 0.1) is 11.4 Å². The molecule has 2 aliphatic heterocycles. The van der Waals surface area contributed by atoms with E-state index in [0.717, 1.165) is 31.4 Å². The lowest BCUT2D eigenvalue weighted by molar-refractivity contribution is 0.131. The van der Waals surface area contributed by atoms with E-state index in [1.165, 1.54) is 29.1 Å². The molecule has 1 unspecified atom stereocenters. The first kappa shape index (κ1) is 18.7.